The minimum Gasteiger partial charge on any atom is -0.383 e. The molecule has 1 atom stereocenters. The van der Waals surface area contributed by atoms with Crippen LogP contribution >= 0.6 is 0 Å². The highest BCUT2D eigenvalue weighted by molar-refractivity contribution is 5.76. The number of nitrogens with zero attached hydrogens (tertiary/aromatic N) is 1. The van der Waals surface area contributed by atoms with Crippen LogP contribution in [0, 0.1) is 5.92 Å². The maximum Gasteiger partial charge on any atom is 0.222 e. The van der Waals surface area contributed by atoms with Gasteiger partial charge < -0.3 is 15.4 Å². The van der Waals surface area contributed by atoms with Crippen LogP contribution in [-0.2, 0) is 16.1 Å². The van der Waals surface area contributed by atoms with E-state index in [1.807, 2.05) is 35.2 Å². The summed E-state index contributed by atoms with van der Waals surface area (Å²) >= 11 is 0. The molecule has 1 aromatic carbocycles. The molecule has 1 rings (SSSR count). The van der Waals surface area contributed by atoms with Gasteiger partial charge in [0.2, 0.25) is 5.91 Å². The summed E-state index contributed by atoms with van der Waals surface area (Å²) in [7, 11) is 1.65. The van der Waals surface area contributed by atoms with E-state index in [9.17, 15) is 4.79 Å². The van der Waals surface area contributed by atoms with Gasteiger partial charge in [-0.15, -0.1) is 0 Å². The van der Waals surface area contributed by atoms with Crippen molar-refractivity contribution in [1.29, 1.82) is 0 Å². The first-order valence-electron chi connectivity index (χ1n) is 7.18. The highest BCUT2D eigenvalue weighted by Gasteiger charge is 2.14. The number of hydrogen-bond donors (Lipinski definition) is 1. The van der Waals surface area contributed by atoms with Crippen molar-refractivity contribution in [3.05, 3.63) is 35.9 Å². The molecule has 20 heavy (non-hydrogen) atoms. The molecule has 0 aromatic heterocycles. The molecule has 0 aliphatic heterocycles. The van der Waals surface area contributed by atoms with Crippen LogP contribution in [0.2, 0.25) is 0 Å². The van der Waals surface area contributed by atoms with Crippen molar-refractivity contribution >= 4 is 5.91 Å². The van der Waals surface area contributed by atoms with Crippen LogP contribution in [0.5, 0.6) is 0 Å². The second kappa shape index (κ2) is 9.50. The first-order valence-corrected chi connectivity index (χ1v) is 7.18. The molecule has 0 saturated carbocycles. The Hall–Kier alpha value is -1.39. The molecule has 4 heteroatoms. The highest BCUT2D eigenvalue weighted by Crippen LogP contribution is 2.10. The van der Waals surface area contributed by atoms with E-state index in [4.69, 9.17) is 10.5 Å². The fraction of sp³-hybridized carbons (Fsp3) is 0.562. The lowest BCUT2D eigenvalue weighted by Crippen LogP contribution is -2.33. The van der Waals surface area contributed by atoms with Crippen LogP contribution in [-0.4, -0.2) is 37.6 Å². The fourth-order valence-corrected chi connectivity index (χ4v) is 1.94. The number of carbonyl (C=O) groups is 1. The summed E-state index contributed by atoms with van der Waals surface area (Å²) in [5, 5.41) is 0. The molecule has 1 amide bonds. The standard InChI is InChI=1S/C16H26N2O2/c1-14(12-17)8-9-16(19)18(10-11-20-2)13-15-6-4-3-5-7-15/h3-7,14H,8-13,17H2,1-2H3. The second-order valence-electron chi connectivity index (χ2n) is 5.17. The zero-order valence-electron chi connectivity index (χ0n) is 12.5. The van der Waals surface area contributed by atoms with Crippen LogP contribution < -0.4 is 5.73 Å². The van der Waals surface area contributed by atoms with Crippen LogP contribution in [0.3, 0.4) is 0 Å². The number of nitrogens with two attached hydrogens (primary N) is 1. The average molecular weight is 278 g/mol. The first kappa shape index (κ1) is 16.7. The largest absolute Gasteiger partial charge is 0.383 e. The fourth-order valence-electron chi connectivity index (χ4n) is 1.94. The zero-order chi connectivity index (χ0) is 14.8. The summed E-state index contributed by atoms with van der Waals surface area (Å²) in [5.74, 6) is 0.561. The van der Waals surface area contributed by atoms with Gasteiger partial charge in [0.05, 0.1) is 6.61 Å². The number of rotatable bonds is 9. The Morgan fingerprint density at radius 1 is 1.35 bits per heavy atom. The van der Waals surface area contributed by atoms with Gasteiger partial charge >= 0.3 is 0 Å². The first-order chi connectivity index (χ1) is 9.67. The van der Waals surface area contributed by atoms with Crippen molar-refractivity contribution in [1.82, 2.24) is 4.90 Å². The lowest BCUT2D eigenvalue weighted by molar-refractivity contribution is -0.132. The van der Waals surface area contributed by atoms with Gasteiger partial charge in [-0.2, -0.15) is 0 Å². The number of methoxy groups -OCH3 is 1. The minimum absolute atomic E-state index is 0.172. The lowest BCUT2D eigenvalue weighted by Gasteiger charge is -2.23. The molecule has 0 saturated heterocycles. The molecule has 2 N–H and O–H groups in total. The van der Waals surface area contributed by atoms with E-state index in [2.05, 4.69) is 6.92 Å². The van der Waals surface area contributed by atoms with Crippen LogP contribution in [0.25, 0.3) is 0 Å². The summed E-state index contributed by atoms with van der Waals surface area (Å²) in [6.07, 6.45) is 1.39. The molecule has 0 aliphatic rings. The topological polar surface area (TPSA) is 55.6 Å². The lowest BCUT2D eigenvalue weighted by atomic mass is 10.1. The summed E-state index contributed by atoms with van der Waals surface area (Å²) in [6.45, 7) is 4.53. The molecule has 1 unspecified atom stereocenters. The average Bonchev–Trinajstić information content (AvgIpc) is 2.49. The van der Waals surface area contributed by atoms with E-state index < -0.39 is 0 Å². The monoisotopic (exact) mass is 278 g/mol. The van der Waals surface area contributed by atoms with Gasteiger partial charge in [-0.1, -0.05) is 37.3 Å². The van der Waals surface area contributed by atoms with E-state index in [1.165, 1.54) is 0 Å². The van der Waals surface area contributed by atoms with Crippen molar-refractivity contribution in [2.45, 2.75) is 26.3 Å². The number of benzene rings is 1. The van der Waals surface area contributed by atoms with E-state index in [1.54, 1.807) is 7.11 Å². The molecule has 0 heterocycles. The number of hydrogen-bond acceptors (Lipinski definition) is 3. The molecule has 112 valence electrons. The Labute approximate surface area is 121 Å². The third kappa shape index (κ3) is 6.17. The van der Waals surface area contributed by atoms with Crippen molar-refractivity contribution in [3.63, 3.8) is 0 Å². The number of amides is 1. The van der Waals surface area contributed by atoms with Crippen molar-refractivity contribution in [2.24, 2.45) is 11.7 Å². The van der Waals surface area contributed by atoms with E-state index in [0.29, 0.717) is 38.6 Å². The minimum atomic E-state index is 0.172. The number of ether oxygens (including phenoxy) is 1. The highest BCUT2D eigenvalue weighted by atomic mass is 16.5. The quantitative estimate of drug-likeness (QED) is 0.752. The Bertz CT molecular complexity index is 381. The molecular weight excluding hydrogens is 252 g/mol. The van der Waals surface area contributed by atoms with Crippen molar-refractivity contribution in [3.8, 4) is 0 Å². The summed E-state index contributed by atoms with van der Waals surface area (Å²) in [5.41, 5.74) is 6.74. The van der Waals surface area contributed by atoms with Crippen molar-refractivity contribution in [2.75, 3.05) is 26.8 Å². The van der Waals surface area contributed by atoms with Crippen LogP contribution in [0.4, 0.5) is 0 Å². The summed E-state index contributed by atoms with van der Waals surface area (Å²) in [6, 6.07) is 10.0. The molecule has 0 bridgehead atoms. The van der Waals surface area contributed by atoms with E-state index >= 15 is 0 Å². The molecule has 0 aliphatic carbocycles. The van der Waals surface area contributed by atoms with Crippen LogP contribution in [0.15, 0.2) is 30.3 Å². The van der Waals surface area contributed by atoms with Gasteiger partial charge in [0, 0.05) is 26.6 Å². The normalized spacial score (nSPS) is 12.2. The van der Waals surface area contributed by atoms with Gasteiger partial charge in [-0.3, -0.25) is 4.79 Å². The third-order valence-electron chi connectivity index (χ3n) is 3.39. The molecule has 0 fully saturated rings. The van der Waals surface area contributed by atoms with Gasteiger partial charge in [-0.05, 0) is 24.4 Å². The Balaban J connectivity index is 2.56. The van der Waals surface area contributed by atoms with Gasteiger partial charge in [-0.25, -0.2) is 0 Å². The van der Waals surface area contributed by atoms with E-state index in [-0.39, 0.29) is 5.91 Å². The van der Waals surface area contributed by atoms with Gasteiger partial charge in [0.25, 0.3) is 0 Å². The molecule has 1 aromatic rings. The maximum atomic E-state index is 12.3. The Kier molecular flexibility index (Phi) is 7.92. The summed E-state index contributed by atoms with van der Waals surface area (Å²) in [4.78, 5) is 14.2. The molecule has 0 radical (unpaired) electrons. The maximum absolute atomic E-state index is 12.3. The third-order valence-corrected chi connectivity index (χ3v) is 3.39. The van der Waals surface area contributed by atoms with Gasteiger partial charge in [0.15, 0.2) is 0 Å². The molecular formula is C16H26N2O2. The van der Waals surface area contributed by atoms with Gasteiger partial charge in [0.1, 0.15) is 0 Å². The molecule has 4 nitrogen and oxygen atoms in total. The Morgan fingerprint density at radius 2 is 2.05 bits per heavy atom. The predicted molar refractivity (Wildman–Crippen MR) is 81.2 cm³/mol. The zero-order valence-corrected chi connectivity index (χ0v) is 12.5. The van der Waals surface area contributed by atoms with Crippen molar-refractivity contribution < 1.29 is 9.53 Å². The Morgan fingerprint density at radius 3 is 2.65 bits per heavy atom. The van der Waals surface area contributed by atoms with E-state index in [0.717, 1.165) is 12.0 Å². The molecule has 0 spiro atoms. The summed E-state index contributed by atoms with van der Waals surface area (Å²) < 4.78 is 5.09. The smallest absolute Gasteiger partial charge is 0.222 e. The van der Waals surface area contributed by atoms with Crippen LogP contribution in [0.1, 0.15) is 25.3 Å². The number of carbonyl (C=O) groups excluding carboxylic acids is 1. The predicted octanol–water partition coefficient (Wildman–Crippen LogP) is 2.04. The SMILES string of the molecule is COCCN(Cc1ccccc1)C(=O)CCC(C)CN. The second-order valence-corrected chi connectivity index (χ2v) is 5.17.